The molecule has 6 rings (SSSR count). The second-order valence-corrected chi connectivity index (χ2v) is 9.98. The van der Waals surface area contributed by atoms with E-state index in [0.717, 1.165) is 31.6 Å². The lowest BCUT2D eigenvalue weighted by atomic mass is 9.42. The van der Waals surface area contributed by atoms with E-state index in [-0.39, 0.29) is 28.8 Å². The van der Waals surface area contributed by atoms with Crippen LogP contribution in [0.25, 0.3) is 0 Å². The van der Waals surface area contributed by atoms with E-state index < -0.39 is 0 Å². The normalized spacial score (nSPS) is 33.6. The molecule has 2 aromatic rings. The van der Waals surface area contributed by atoms with Crippen LogP contribution in [0.2, 0.25) is 0 Å². The largest absolute Gasteiger partial charge is 0.497 e. The minimum Gasteiger partial charge on any atom is -0.497 e. The van der Waals surface area contributed by atoms with Gasteiger partial charge in [0, 0.05) is 24.0 Å². The quantitative estimate of drug-likeness (QED) is 0.656. The second-order valence-electron chi connectivity index (χ2n) is 9.98. The van der Waals surface area contributed by atoms with Crippen LogP contribution in [0.1, 0.15) is 50.3 Å². The molecule has 4 bridgehead atoms. The molecule has 0 amide bonds. The van der Waals surface area contributed by atoms with Gasteiger partial charge in [0.2, 0.25) is 0 Å². The Morgan fingerprint density at radius 3 is 2.61 bits per heavy atom. The maximum absolute atomic E-state index is 13.0. The molecule has 0 radical (unpaired) electrons. The highest BCUT2D eigenvalue weighted by Gasteiger charge is 2.67. The van der Waals surface area contributed by atoms with Crippen LogP contribution in [0, 0.1) is 11.3 Å². The van der Waals surface area contributed by atoms with Crippen molar-refractivity contribution in [2.75, 3.05) is 13.7 Å². The second kappa shape index (κ2) is 7.37. The smallest absolute Gasteiger partial charge is 0.310 e. The van der Waals surface area contributed by atoms with Crippen molar-refractivity contribution in [3.05, 3.63) is 65.2 Å². The third-order valence-electron chi connectivity index (χ3n) is 8.67. The summed E-state index contributed by atoms with van der Waals surface area (Å²) in [4.78, 5) is 15.7. The van der Waals surface area contributed by atoms with E-state index in [1.807, 2.05) is 6.92 Å². The van der Waals surface area contributed by atoms with Crippen molar-refractivity contribution in [1.82, 2.24) is 4.90 Å². The fourth-order valence-corrected chi connectivity index (χ4v) is 6.92. The van der Waals surface area contributed by atoms with Crippen molar-refractivity contribution in [3.8, 4) is 5.75 Å². The molecule has 2 aliphatic heterocycles. The third kappa shape index (κ3) is 2.95. The predicted molar refractivity (Wildman–Crippen MR) is 121 cm³/mol. The van der Waals surface area contributed by atoms with Gasteiger partial charge in [0.25, 0.3) is 0 Å². The van der Waals surface area contributed by atoms with E-state index in [0.29, 0.717) is 12.6 Å². The zero-order valence-electron chi connectivity index (χ0n) is 19.1. The molecule has 164 valence electrons. The van der Waals surface area contributed by atoms with E-state index in [2.05, 4.69) is 67.3 Å². The minimum atomic E-state index is -0.0647. The van der Waals surface area contributed by atoms with Crippen LogP contribution in [0.5, 0.6) is 5.75 Å². The van der Waals surface area contributed by atoms with Crippen molar-refractivity contribution >= 4 is 5.97 Å². The summed E-state index contributed by atoms with van der Waals surface area (Å²) in [5, 5.41) is 0. The maximum atomic E-state index is 13.0. The van der Waals surface area contributed by atoms with Crippen LogP contribution in [-0.4, -0.2) is 36.7 Å². The van der Waals surface area contributed by atoms with E-state index in [1.54, 1.807) is 7.11 Å². The number of rotatable bonds is 5. The average molecular weight is 420 g/mol. The highest BCUT2D eigenvalue weighted by molar-refractivity contribution is 5.74. The van der Waals surface area contributed by atoms with Gasteiger partial charge in [-0.3, -0.25) is 9.69 Å². The van der Waals surface area contributed by atoms with E-state index >= 15 is 0 Å². The number of esters is 1. The fourth-order valence-electron chi connectivity index (χ4n) is 6.92. The average Bonchev–Trinajstić information content (AvgIpc) is 2.77. The molecule has 5 atom stereocenters. The number of methoxy groups -OCH3 is 1. The lowest BCUT2D eigenvalue weighted by Gasteiger charge is -2.70. The molecule has 2 saturated heterocycles. The first-order valence-corrected chi connectivity index (χ1v) is 11.5. The molecule has 0 N–H and O–H groups in total. The summed E-state index contributed by atoms with van der Waals surface area (Å²) in [5.41, 5.74) is 4.16. The molecule has 0 aromatic heterocycles. The molecule has 0 spiro atoms. The molecule has 4 aliphatic rings. The zero-order chi connectivity index (χ0) is 21.8. The Bertz CT molecular complexity index is 989. The van der Waals surface area contributed by atoms with Gasteiger partial charge < -0.3 is 9.47 Å². The van der Waals surface area contributed by atoms with Crippen molar-refractivity contribution < 1.29 is 14.3 Å². The Labute approximate surface area is 185 Å². The first-order valence-electron chi connectivity index (χ1n) is 11.5. The highest BCUT2D eigenvalue weighted by atomic mass is 16.5. The fraction of sp³-hybridized carbons (Fsp3) is 0.519. The number of nitrogens with zero attached hydrogens (tertiary/aromatic N) is 1. The molecule has 2 aromatic carbocycles. The van der Waals surface area contributed by atoms with Crippen molar-refractivity contribution in [3.63, 3.8) is 0 Å². The van der Waals surface area contributed by atoms with Crippen LogP contribution < -0.4 is 4.74 Å². The Balaban J connectivity index is 1.61. The molecule has 1 saturated carbocycles. The van der Waals surface area contributed by atoms with Crippen molar-refractivity contribution in [2.45, 2.75) is 64.1 Å². The van der Waals surface area contributed by atoms with Gasteiger partial charge >= 0.3 is 5.97 Å². The van der Waals surface area contributed by atoms with Gasteiger partial charge in [0.1, 0.15) is 5.75 Å². The lowest BCUT2D eigenvalue weighted by Crippen LogP contribution is -2.74. The van der Waals surface area contributed by atoms with Gasteiger partial charge in [0.05, 0.1) is 19.6 Å². The van der Waals surface area contributed by atoms with Gasteiger partial charge in [0.15, 0.2) is 0 Å². The van der Waals surface area contributed by atoms with Gasteiger partial charge in [-0.05, 0) is 60.4 Å². The van der Waals surface area contributed by atoms with E-state index in [4.69, 9.17) is 9.47 Å². The molecule has 4 nitrogen and oxygen atoms in total. The van der Waals surface area contributed by atoms with Crippen LogP contribution >= 0.6 is 0 Å². The SMILES string of the molecule is CCOC(=O)C1C[C@]2(C)C3Cc4ccc(OC)cc4[C@]2(C)CC1N3Cc1ccccc1. The Morgan fingerprint density at radius 2 is 1.90 bits per heavy atom. The number of piperidine rings is 2. The first kappa shape index (κ1) is 20.6. The highest BCUT2D eigenvalue weighted by Crippen LogP contribution is 2.65. The van der Waals surface area contributed by atoms with Crippen LogP contribution in [0.4, 0.5) is 0 Å². The predicted octanol–water partition coefficient (Wildman–Crippen LogP) is 4.74. The van der Waals surface area contributed by atoms with Crippen LogP contribution in [0.3, 0.4) is 0 Å². The van der Waals surface area contributed by atoms with Crippen LogP contribution in [0.15, 0.2) is 48.5 Å². The van der Waals surface area contributed by atoms with E-state index in [9.17, 15) is 4.79 Å². The minimum absolute atomic E-state index is 0.00662. The summed E-state index contributed by atoms with van der Waals surface area (Å²) in [5.74, 6) is 0.834. The summed E-state index contributed by atoms with van der Waals surface area (Å²) >= 11 is 0. The van der Waals surface area contributed by atoms with Gasteiger partial charge in [-0.25, -0.2) is 0 Å². The Morgan fingerprint density at radius 1 is 1.13 bits per heavy atom. The summed E-state index contributed by atoms with van der Waals surface area (Å²) in [6.45, 7) is 8.06. The molecule has 3 unspecified atom stereocenters. The number of carbonyl (C=O) groups is 1. The molecule has 2 heterocycles. The zero-order valence-corrected chi connectivity index (χ0v) is 19.1. The third-order valence-corrected chi connectivity index (χ3v) is 8.67. The Hall–Kier alpha value is -2.33. The summed E-state index contributed by atoms with van der Waals surface area (Å²) < 4.78 is 11.1. The maximum Gasteiger partial charge on any atom is 0.310 e. The van der Waals surface area contributed by atoms with Gasteiger partial charge in [-0.1, -0.05) is 50.2 Å². The number of ether oxygens (including phenoxy) is 2. The number of fused-ring (bicyclic) bond motifs is 2. The van der Waals surface area contributed by atoms with Crippen molar-refractivity contribution in [2.24, 2.45) is 11.3 Å². The number of hydrogen-bond donors (Lipinski definition) is 0. The first-order chi connectivity index (χ1) is 14.9. The molecular weight excluding hydrogens is 386 g/mol. The number of carbonyl (C=O) groups excluding carboxylic acids is 1. The summed E-state index contributed by atoms with van der Waals surface area (Å²) in [6, 6.07) is 17.9. The van der Waals surface area contributed by atoms with E-state index in [1.165, 1.54) is 16.7 Å². The monoisotopic (exact) mass is 419 g/mol. The molecular formula is C27H33NO3. The number of benzene rings is 2. The Kier molecular flexibility index (Phi) is 4.89. The summed E-state index contributed by atoms with van der Waals surface area (Å²) in [6.07, 6.45) is 2.88. The van der Waals surface area contributed by atoms with Crippen molar-refractivity contribution in [1.29, 1.82) is 0 Å². The molecule has 31 heavy (non-hydrogen) atoms. The lowest BCUT2D eigenvalue weighted by molar-refractivity contribution is -0.187. The molecule has 3 fully saturated rings. The standard InChI is InChI=1S/C27H33NO3/c1-5-31-25(29)21-15-27(3)24-13-19-11-12-20(30-4)14-22(19)26(27,2)16-23(21)28(24)17-18-9-7-6-8-10-18/h6-12,14,21,23-24H,5,13,15-17H2,1-4H3/t21?,23?,24?,26-,27+/m0/s1. The molecule has 4 heteroatoms. The number of hydrogen-bond acceptors (Lipinski definition) is 4. The van der Waals surface area contributed by atoms with Crippen LogP contribution in [-0.2, 0) is 27.9 Å². The van der Waals surface area contributed by atoms with Gasteiger partial charge in [-0.2, -0.15) is 0 Å². The van der Waals surface area contributed by atoms with Gasteiger partial charge in [-0.15, -0.1) is 0 Å². The molecule has 2 aliphatic carbocycles. The summed E-state index contributed by atoms with van der Waals surface area (Å²) in [7, 11) is 1.74. The topological polar surface area (TPSA) is 38.8 Å².